The Morgan fingerprint density at radius 2 is 2.07 bits per heavy atom. The van der Waals surface area contributed by atoms with Gasteiger partial charge in [-0.1, -0.05) is 12.1 Å². The van der Waals surface area contributed by atoms with Gasteiger partial charge in [0.2, 0.25) is 5.88 Å². The number of piperidine rings is 1. The number of hydrogen-bond acceptors (Lipinski definition) is 5. The van der Waals surface area contributed by atoms with E-state index >= 15 is 0 Å². The topological polar surface area (TPSA) is 52.6 Å². The van der Waals surface area contributed by atoms with Gasteiger partial charge in [-0.05, 0) is 36.2 Å². The molecule has 4 heterocycles. The standard InChI is InChI=1S/C22H25FN2O3/c23-20-7-14(18-11-27-12-18)1-2-15(20)13-28-21-4-3-16-9-26-10-17-8-24-6-5-19(17)22(16)25-21/h1-4,7,17-19,24H,5-6,8-13H2. The fraction of sp³-hybridized carbons (Fsp3) is 0.500. The van der Waals surface area contributed by atoms with Crippen LogP contribution in [0.5, 0.6) is 5.88 Å². The maximum Gasteiger partial charge on any atom is 0.213 e. The van der Waals surface area contributed by atoms with E-state index in [0.29, 0.717) is 49.0 Å². The fourth-order valence-electron chi connectivity index (χ4n) is 4.30. The lowest BCUT2D eigenvalue weighted by Crippen LogP contribution is -2.37. The van der Waals surface area contributed by atoms with E-state index in [1.54, 1.807) is 6.07 Å². The molecule has 6 heteroatoms. The van der Waals surface area contributed by atoms with Crippen LogP contribution in [0.15, 0.2) is 30.3 Å². The molecule has 0 amide bonds. The highest BCUT2D eigenvalue weighted by Crippen LogP contribution is 2.35. The van der Waals surface area contributed by atoms with E-state index in [1.165, 1.54) is 0 Å². The molecule has 28 heavy (non-hydrogen) atoms. The van der Waals surface area contributed by atoms with E-state index in [0.717, 1.165) is 42.9 Å². The summed E-state index contributed by atoms with van der Waals surface area (Å²) in [6, 6.07) is 9.28. The molecule has 2 saturated heterocycles. The minimum atomic E-state index is -0.231. The lowest BCUT2D eigenvalue weighted by atomic mass is 9.83. The molecule has 5 nitrogen and oxygen atoms in total. The van der Waals surface area contributed by atoms with Crippen LogP contribution in [0.4, 0.5) is 4.39 Å². The molecule has 2 aromatic rings. The van der Waals surface area contributed by atoms with Crippen molar-refractivity contribution in [3.8, 4) is 5.88 Å². The van der Waals surface area contributed by atoms with Gasteiger partial charge in [0.05, 0.1) is 32.1 Å². The van der Waals surface area contributed by atoms with Crippen LogP contribution in [0, 0.1) is 11.7 Å². The highest BCUT2D eigenvalue weighted by molar-refractivity contribution is 5.31. The second kappa shape index (κ2) is 7.78. The first-order valence-electron chi connectivity index (χ1n) is 10.0. The minimum Gasteiger partial charge on any atom is -0.473 e. The lowest BCUT2D eigenvalue weighted by Gasteiger charge is -2.30. The van der Waals surface area contributed by atoms with Gasteiger partial charge in [0.25, 0.3) is 0 Å². The van der Waals surface area contributed by atoms with E-state index in [9.17, 15) is 4.39 Å². The van der Waals surface area contributed by atoms with E-state index < -0.39 is 0 Å². The normalized spacial score (nSPS) is 24.6. The Balaban J connectivity index is 1.32. The Morgan fingerprint density at radius 3 is 2.89 bits per heavy atom. The molecular weight excluding hydrogens is 359 g/mol. The van der Waals surface area contributed by atoms with Gasteiger partial charge in [-0.2, -0.15) is 0 Å². The molecular formula is C22H25FN2O3. The number of nitrogens with one attached hydrogen (secondary N) is 1. The van der Waals surface area contributed by atoms with Gasteiger partial charge in [-0.25, -0.2) is 9.37 Å². The minimum absolute atomic E-state index is 0.172. The zero-order valence-electron chi connectivity index (χ0n) is 15.8. The molecule has 0 saturated carbocycles. The van der Waals surface area contributed by atoms with E-state index in [4.69, 9.17) is 19.2 Å². The van der Waals surface area contributed by atoms with Crippen LogP contribution in [-0.4, -0.2) is 37.9 Å². The number of rotatable bonds is 4. The van der Waals surface area contributed by atoms with Crippen molar-refractivity contribution in [2.45, 2.75) is 31.5 Å². The molecule has 2 atom stereocenters. The summed E-state index contributed by atoms with van der Waals surface area (Å²) in [4.78, 5) is 4.80. The lowest BCUT2D eigenvalue weighted by molar-refractivity contribution is 0.00830. The third kappa shape index (κ3) is 3.52. The van der Waals surface area contributed by atoms with Crippen LogP contribution in [-0.2, 0) is 22.7 Å². The molecule has 1 aromatic heterocycles. The van der Waals surface area contributed by atoms with E-state index in [-0.39, 0.29) is 12.4 Å². The Morgan fingerprint density at radius 1 is 1.14 bits per heavy atom. The molecule has 0 bridgehead atoms. The van der Waals surface area contributed by atoms with Gasteiger partial charge >= 0.3 is 0 Å². The molecule has 0 radical (unpaired) electrons. The average molecular weight is 384 g/mol. The molecule has 5 rings (SSSR count). The van der Waals surface area contributed by atoms with Crippen LogP contribution in [0.3, 0.4) is 0 Å². The molecule has 1 N–H and O–H groups in total. The van der Waals surface area contributed by atoms with Gasteiger partial charge in [-0.15, -0.1) is 0 Å². The van der Waals surface area contributed by atoms with E-state index in [1.807, 2.05) is 24.3 Å². The molecule has 2 fully saturated rings. The molecule has 3 aliphatic heterocycles. The monoisotopic (exact) mass is 384 g/mol. The smallest absolute Gasteiger partial charge is 0.213 e. The molecule has 2 unspecified atom stereocenters. The number of halogens is 1. The SMILES string of the molecule is Fc1cc(C2COC2)ccc1COc1ccc2c(n1)C1CCNCC1COC2. The highest BCUT2D eigenvalue weighted by Gasteiger charge is 2.32. The predicted octanol–water partition coefficient (Wildman–Crippen LogP) is 3.14. The van der Waals surface area contributed by atoms with Gasteiger partial charge in [0.1, 0.15) is 12.4 Å². The molecule has 1 aromatic carbocycles. The quantitative estimate of drug-likeness (QED) is 0.878. The summed E-state index contributed by atoms with van der Waals surface area (Å²) in [5.74, 6) is 1.47. The molecule has 3 aliphatic rings. The van der Waals surface area contributed by atoms with Gasteiger partial charge in [0, 0.05) is 35.9 Å². The second-order valence-corrected chi connectivity index (χ2v) is 7.94. The third-order valence-corrected chi connectivity index (χ3v) is 6.10. The van der Waals surface area contributed by atoms with Crippen LogP contribution >= 0.6 is 0 Å². The highest BCUT2D eigenvalue weighted by atomic mass is 19.1. The Kier molecular flexibility index (Phi) is 5.01. The molecule has 148 valence electrons. The fourth-order valence-corrected chi connectivity index (χ4v) is 4.30. The summed E-state index contributed by atoms with van der Waals surface area (Å²) < 4.78 is 31.4. The first kappa shape index (κ1) is 18.0. The largest absolute Gasteiger partial charge is 0.473 e. The summed E-state index contributed by atoms with van der Waals surface area (Å²) in [7, 11) is 0. The van der Waals surface area contributed by atoms with Crippen molar-refractivity contribution in [2.24, 2.45) is 5.92 Å². The first-order valence-corrected chi connectivity index (χ1v) is 10.0. The summed E-state index contributed by atoms with van der Waals surface area (Å²) in [5, 5.41) is 3.44. The van der Waals surface area contributed by atoms with Crippen molar-refractivity contribution in [1.29, 1.82) is 0 Å². The van der Waals surface area contributed by atoms with Crippen molar-refractivity contribution in [2.75, 3.05) is 32.9 Å². The number of pyridine rings is 1. The van der Waals surface area contributed by atoms with Crippen LogP contribution in [0.2, 0.25) is 0 Å². The zero-order chi connectivity index (χ0) is 18.9. The van der Waals surface area contributed by atoms with E-state index in [2.05, 4.69) is 5.32 Å². The summed E-state index contributed by atoms with van der Waals surface area (Å²) in [6.07, 6.45) is 1.05. The summed E-state index contributed by atoms with van der Waals surface area (Å²) in [6.45, 7) is 4.83. The van der Waals surface area contributed by atoms with Crippen molar-refractivity contribution in [3.63, 3.8) is 0 Å². The number of hydrogen-bond donors (Lipinski definition) is 1. The zero-order valence-corrected chi connectivity index (χ0v) is 15.8. The van der Waals surface area contributed by atoms with Crippen LogP contribution in [0.1, 0.15) is 40.6 Å². The van der Waals surface area contributed by atoms with Gasteiger partial charge in [0.15, 0.2) is 0 Å². The summed E-state index contributed by atoms with van der Waals surface area (Å²) >= 11 is 0. The predicted molar refractivity (Wildman–Crippen MR) is 102 cm³/mol. The van der Waals surface area contributed by atoms with Crippen molar-refractivity contribution in [3.05, 3.63) is 58.5 Å². The van der Waals surface area contributed by atoms with Crippen molar-refractivity contribution in [1.82, 2.24) is 10.3 Å². The Labute approximate surface area is 164 Å². The Bertz CT molecular complexity index is 856. The number of fused-ring (bicyclic) bond motifs is 3. The number of nitrogens with zero attached hydrogens (tertiary/aromatic N) is 1. The van der Waals surface area contributed by atoms with Crippen LogP contribution in [0.25, 0.3) is 0 Å². The van der Waals surface area contributed by atoms with Gasteiger partial charge < -0.3 is 19.5 Å². The third-order valence-electron chi connectivity index (χ3n) is 6.10. The molecule has 0 aliphatic carbocycles. The number of aromatic nitrogens is 1. The second-order valence-electron chi connectivity index (χ2n) is 7.94. The maximum atomic E-state index is 14.5. The number of ether oxygens (including phenoxy) is 3. The van der Waals surface area contributed by atoms with Crippen molar-refractivity contribution < 1.29 is 18.6 Å². The molecule has 0 spiro atoms. The van der Waals surface area contributed by atoms with Crippen molar-refractivity contribution >= 4 is 0 Å². The average Bonchev–Trinajstić information content (AvgIpc) is 2.85. The van der Waals surface area contributed by atoms with Crippen LogP contribution < -0.4 is 10.1 Å². The maximum absolute atomic E-state index is 14.5. The first-order chi connectivity index (χ1) is 13.8. The number of benzene rings is 1. The Hall–Kier alpha value is -2.02. The summed E-state index contributed by atoms with van der Waals surface area (Å²) in [5.41, 5.74) is 3.76. The van der Waals surface area contributed by atoms with Gasteiger partial charge in [-0.3, -0.25) is 0 Å².